The van der Waals surface area contributed by atoms with E-state index in [1.807, 2.05) is 30.3 Å². The third-order valence-corrected chi connectivity index (χ3v) is 11.9. The van der Waals surface area contributed by atoms with Gasteiger partial charge >= 0.3 is 0 Å². The van der Waals surface area contributed by atoms with Gasteiger partial charge in [-0.05, 0) is 84.9 Å². The fraction of sp³-hybridized carbons (Fsp3) is 0.0377. The first kappa shape index (κ1) is 31.9. The number of benzene rings is 8. The van der Waals surface area contributed by atoms with Crippen molar-refractivity contribution < 1.29 is 4.42 Å². The molecule has 4 heteroatoms. The maximum absolute atomic E-state index is 6.64. The van der Waals surface area contributed by atoms with Crippen LogP contribution in [0.5, 0.6) is 0 Å². The molecule has 0 bridgehead atoms. The van der Waals surface area contributed by atoms with E-state index in [9.17, 15) is 0 Å². The minimum absolute atomic E-state index is 0.287. The van der Waals surface area contributed by atoms with Crippen LogP contribution in [0, 0.1) is 5.92 Å². The number of nitrogens with zero attached hydrogens (tertiary/aromatic N) is 3. The van der Waals surface area contributed by atoms with Gasteiger partial charge in [-0.3, -0.25) is 0 Å². The minimum atomic E-state index is 0.287. The monoisotopic (exact) mass is 727 g/mol. The lowest BCUT2D eigenvalue weighted by molar-refractivity contribution is 0.669. The smallest absolute Gasteiger partial charge is 0.164 e. The molecule has 0 saturated heterocycles. The predicted octanol–water partition coefficient (Wildman–Crippen LogP) is 13.8. The van der Waals surface area contributed by atoms with Crippen LogP contribution in [0.1, 0.15) is 17.0 Å². The predicted molar refractivity (Wildman–Crippen MR) is 235 cm³/mol. The normalized spacial score (nSPS) is 15.9. The molecule has 266 valence electrons. The summed E-state index contributed by atoms with van der Waals surface area (Å²) in [5, 5.41) is 9.59. The Hall–Kier alpha value is -7.43. The van der Waals surface area contributed by atoms with E-state index < -0.39 is 0 Å². The Balaban J connectivity index is 1.01. The van der Waals surface area contributed by atoms with Gasteiger partial charge in [0.15, 0.2) is 17.5 Å². The highest BCUT2D eigenvalue weighted by atomic mass is 16.3. The zero-order valence-electron chi connectivity index (χ0n) is 30.8. The van der Waals surface area contributed by atoms with Gasteiger partial charge in [-0.15, -0.1) is 0 Å². The number of hydrogen-bond acceptors (Lipinski definition) is 4. The highest BCUT2D eigenvalue weighted by molar-refractivity contribution is 6.25. The summed E-state index contributed by atoms with van der Waals surface area (Å²) in [4.78, 5) is 15.4. The maximum Gasteiger partial charge on any atom is 0.164 e. The van der Waals surface area contributed by atoms with Crippen LogP contribution >= 0.6 is 0 Å². The van der Waals surface area contributed by atoms with Gasteiger partial charge in [-0.25, -0.2) is 15.0 Å². The number of furan rings is 1. The van der Waals surface area contributed by atoms with Crippen molar-refractivity contribution in [2.75, 3.05) is 0 Å². The van der Waals surface area contributed by atoms with Crippen molar-refractivity contribution in [2.24, 2.45) is 5.92 Å². The van der Waals surface area contributed by atoms with Crippen LogP contribution in [0.25, 0.3) is 106 Å². The van der Waals surface area contributed by atoms with Gasteiger partial charge in [-0.1, -0.05) is 158 Å². The molecule has 0 fully saturated rings. The molecule has 2 aromatic heterocycles. The van der Waals surface area contributed by atoms with E-state index in [0.29, 0.717) is 23.4 Å². The summed E-state index contributed by atoms with van der Waals surface area (Å²) >= 11 is 0. The minimum Gasteiger partial charge on any atom is -0.456 e. The van der Waals surface area contributed by atoms with Crippen LogP contribution in [0.15, 0.2) is 186 Å². The quantitative estimate of drug-likeness (QED) is 0.169. The van der Waals surface area contributed by atoms with E-state index in [0.717, 1.165) is 49.8 Å². The molecule has 0 radical (unpaired) electrons. The molecular weight excluding hydrogens is 695 g/mol. The molecule has 2 heterocycles. The van der Waals surface area contributed by atoms with Crippen molar-refractivity contribution in [2.45, 2.75) is 5.92 Å². The summed E-state index contributed by atoms with van der Waals surface area (Å²) in [6.45, 7) is 0. The van der Waals surface area contributed by atoms with E-state index in [-0.39, 0.29) is 5.92 Å². The summed E-state index contributed by atoms with van der Waals surface area (Å²) in [5.41, 5.74) is 9.20. The molecular formula is C53H33N3O. The van der Waals surface area contributed by atoms with Crippen LogP contribution in [0.2, 0.25) is 0 Å². The van der Waals surface area contributed by atoms with Crippen molar-refractivity contribution in [3.05, 3.63) is 193 Å². The van der Waals surface area contributed by atoms with E-state index in [2.05, 4.69) is 158 Å². The number of allylic oxidation sites excluding steroid dienone is 5. The molecule has 2 aliphatic carbocycles. The SMILES string of the molecule is C1=CC2C=Cc3ccc(-c4nc(-c5ccccc5)nc(-c5cccc6oc7cc(-c8ccc9c%10ccccc%10c%10ccccc%10c9c8)ccc7c56)n4)cc3C2C=C1. The van der Waals surface area contributed by atoms with E-state index in [1.165, 1.54) is 43.4 Å². The Morgan fingerprint density at radius 1 is 0.404 bits per heavy atom. The summed E-state index contributed by atoms with van der Waals surface area (Å²) in [6.07, 6.45) is 13.4. The Labute approximate surface area is 328 Å². The lowest BCUT2D eigenvalue weighted by Gasteiger charge is -2.27. The van der Waals surface area contributed by atoms with Gasteiger partial charge in [0.05, 0.1) is 0 Å². The van der Waals surface area contributed by atoms with E-state index >= 15 is 0 Å². The van der Waals surface area contributed by atoms with Gasteiger partial charge in [-0.2, -0.15) is 0 Å². The Bertz CT molecular complexity index is 3340. The molecule has 12 rings (SSSR count). The molecule has 0 aliphatic heterocycles. The summed E-state index contributed by atoms with van der Waals surface area (Å²) in [5.74, 6) is 2.53. The Kier molecular flexibility index (Phi) is 7.02. The highest BCUT2D eigenvalue weighted by Crippen LogP contribution is 2.42. The Morgan fingerprint density at radius 3 is 1.82 bits per heavy atom. The number of hydrogen-bond donors (Lipinski definition) is 0. The van der Waals surface area contributed by atoms with Crippen molar-refractivity contribution in [1.82, 2.24) is 15.0 Å². The molecule has 2 unspecified atom stereocenters. The second-order valence-electron chi connectivity index (χ2n) is 15.1. The number of aromatic nitrogens is 3. The van der Waals surface area contributed by atoms with Crippen molar-refractivity contribution >= 4 is 60.3 Å². The lowest BCUT2D eigenvalue weighted by Crippen LogP contribution is -2.13. The fourth-order valence-corrected chi connectivity index (χ4v) is 9.11. The first-order chi connectivity index (χ1) is 28.2. The second-order valence-corrected chi connectivity index (χ2v) is 15.1. The zero-order valence-corrected chi connectivity index (χ0v) is 30.8. The zero-order chi connectivity index (χ0) is 37.5. The molecule has 2 atom stereocenters. The summed E-state index contributed by atoms with van der Waals surface area (Å²) < 4.78 is 6.64. The van der Waals surface area contributed by atoms with Gasteiger partial charge in [0, 0.05) is 39.3 Å². The maximum atomic E-state index is 6.64. The standard InChI is InChI=1S/C53H33N3O/c1-2-12-34(13-3-1)51-54-52(37-24-23-33-22-21-32-11-4-5-14-38(32)46(33)30-37)56-53(55-51)45-19-10-20-48-50(45)44-28-26-36(31-49(44)57-48)35-25-27-43-41-17-7-6-15-39(41)40-16-8-9-18-42(40)47(43)29-35/h1-32,38H. The number of fused-ring (bicyclic) bond motifs is 12. The average molecular weight is 728 g/mol. The van der Waals surface area contributed by atoms with Crippen molar-refractivity contribution in [3.8, 4) is 45.3 Å². The van der Waals surface area contributed by atoms with Crippen LogP contribution < -0.4 is 0 Å². The Morgan fingerprint density at radius 2 is 1.04 bits per heavy atom. The fourth-order valence-electron chi connectivity index (χ4n) is 9.11. The molecule has 0 saturated carbocycles. The van der Waals surface area contributed by atoms with Crippen LogP contribution in [-0.2, 0) is 0 Å². The van der Waals surface area contributed by atoms with Gasteiger partial charge in [0.2, 0.25) is 0 Å². The molecule has 8 aromatic carbocycles. The molecule has 0 spiro atoms. The third-order valence-electron chi connectivity index (χ3n) is 11.9. The van der Waals surface area contributed by atoms with Crippen molar-refractivity contribution in [1.29, 1.82) is 0 Å². The molecule has 57 heavy (non-hydrogen) atoms. The molecule has 2 aliphatic rings. The lowest BCUT2D eigenvalue weighted by atomic mass is 9.77. The van der Waals surface area contributed by atoms with Crippen LogP contribution in [0.4, 0.5) is 0 Å². The molecule has 0 N–H and O–H groups in total. The molecule has 0 amide bonds. The topological polar surface area (TPSA) is 51.8 Å². The first-order valence-electron chi connectivity index (χ1n) is 19.5. The van der Waals surface area contributed by atoms with Gasteiger partial charge in [0.25, 0.3) is 0 Å². The highest BCUT2D eigenvalue weighted by Gasteiger charge is 2.25. The third kappa shape index (κ3) is 5.11. The van der Waals surface area contributed by atoms with Crippen LogP contribution in [0.3, 0.4) is 0 Å². The molecule has 10 aromatic rings. The second kappa shape index (κ2) is 12.6. The first-order valence-corrected chi connectivity index (χ1v) is 19.5. The van der Waals surface area contributed by atoms with E-state index in [1.54, 1.807) is 0 Å². The summed E-state index contributed by atoms with van der Waals surface area (Å²) in [7, 11) is 0. The summed E-state index contributed by atoms with van der Waals surface area (Å²) in [6, 6.07) is 53.7. The average Bonchev–Trinajstić information content (AvgIpc) is 3.67. The molecule has 4 nitrogen and oxygen atoms in total. The van der Waals surface area contributed by atoms with Gasteiger partial charge in [0.1, 0.15) is 11.2 Å². The van der Waals surface area contributed by atoms with Gasteiger partial charge < -0.3 is 4.42 Å². The van der Waals surface area contributed by atoms with Crippen molar-refractivity contribution in [3.63, 3.8) is 0 Å². The van der Waals surface area contributed by atoms with E-state index in [4.69, 9.17) is 19.4 Å². The largest absolute Gasteiger partial charge is 0.456 e. The van der Waals surface area contributed by atoms with Crippen LogP contribution in [-0.4, -0.2) is 15.0 Å². The number of rotatable bonds is 4.